The minimum atomic E-state index is -0.289. The molecule has 0 saturated carbocycles. The second-order valence-corrected chi connectivity index (χ2v) is 5.04. The van der Waals surface area contributed by atoms with Crippen molar-refractivity contribution >= 4 is 5.97 Å². The predicted octanol–water partition coefficient (Wildman–Crippen LogP) is 3.71. The zero-order valence-corrected chi connectivity index (χ0v) is 14.2. The summed E-state index contributed by atoms with van der Waals surface area (Å²) in [6, 6.07) is 4.07. The molecule has 0 saturated heterocycles. The normalized spacial score (nSPS) is 11.2. The first-order valence-corrected chi connectivity index (χ1v) is 7.64. The fourth-order valence-corrected chi connectivity index (χ4v) is 2.26. The van der Waals surface area contributed by atoms with E-state index in [0.29, 0.717) is 18.6 Å². The first-order valence-electron chi connectivity index (χ1n) is 7.64. The Morgan fingerprint density at radius 1 is 1.14 bits per heavy atom. The van der Waals surface area contributed by atoms with Crippen molar-refractivity contribution in [2.75, 3.05) is 20.8 Å². The molecule has 0 atom stereocenters. The predicted molar refractivity (Wildman–Crippen MR) is 87.6 cm³/mol. The fourth-order valence-electron chi connectivity index (χ4n) is 2.26. The van der Waals surface area contributed by atoms with Gasteiger partial charge < -0.3 is 14.2 Å². The van der Waals surface area contributed by atoms with Crippen LogP contribution in [0.25, 0.3) is 0 Å². The standard InChI is InChI=1S/C18H26O4/c1-6-8-14-11-16(20-4)15(17(12-14)21-5)10-9-13(3)18(19)22-7-2/h9,11-12H,6-8,10H2,1-5H3/b13-9+. The molecule has 0 amide bonds. The molecule has 1 aromatic rings. The third kappa shape index (κ3) is 4.79. The summed E-state index contributed by atoms with van der Waals surface area (Å²) in [6.45, 7) is 6.06. The van der Waals surface area contributed by atoms with Crippen LogP contribution >= 0.6 is 0 Å². The van der Waals surface area contributed by atoms with E-state index in [1.165, 1.54) is 5.56 Å². The number of aryl methyl sites for hydroxylation is 1. The van der Waals surface area contributed by atoms with Gasteiger partial charge in [0.1, 0.15) is 11.5 Å². The topological polar surface area (TPSA) is 44.8 Å². The molecular formula is C18H26O4. The maximum absolute atomic E-state index is 11.7. The Bertz CT molecular complexity index is 507. The number of ether oxygens (including phenoxy) is 3. The average Bonchev–Trinajstić information content (AvgIpc) is 2.52. The molecule has 0 radical (unpaired) electrons. The van der Waals surface area contributed by atoms with Gasteiger partial charge in [-0.05, 0) is 44.4 Å². The van der Waals surface area contributed by atoms with E-state index >= 15 is 0 Å². The van der Waals surface area contributed by atoms with E-state index < -0.39 is 0 Å². The number of hydrogen-bond acceptors (Lipinski definition) is 4. The molecule has 0 aliphatic rings. The Morgan fingerprint density at radius 2 is 1.73 bits per heavy atom. The van der Waals surface area contributed by atoms with Crippen molar-refractivity contribution in [3.63, 3.8) is 0 Å². The van der Waals surface area contributed by atoms with Crippen LogP contribution in [0.15, 0.2) is 23.8 Å². The molecule has 0 heterocycles. The van der Waals surface area contributed by atoms with Gasteiger partial charge in [-0.15, -0.1) is 0 Å². The summed E-state index contributed by atoms with van der Waals surface area (Å²) >= 11 is 0. The lowest BCUT2D eigenvalue weighted by atomic mass is 10.0. The molecule has 0 fully saturated rings. The minimum Gasteiger partial charge on any atom is -0.496 e. The number of allylic oxidation sites excluding steroid dienone is 1. The highest BCUT2D eigenvalue weighted by molar-refractivity contribution is 5.87. The summed E-state index contributed by atoms with van der Waals surface area (Å²) in [6.07, 6.45) is 4.44. The molecule has 0 bridgehead atoms. The number of esters is 1. The Balaban J connectivity index is 3.07. The Morgan fingerprint density at radius 3 is 2.18 bits per heavy atom. The van der Waals surface area contributed by atoms with Gasteiger partial charge in [0.15, 0.2) is 0 Å². The van der Waals surface area contributed by atoms with Crippen LogP contribution in [-0.4, -0.2) is 26.8 Å². The van der Waals surface area contributed by atoms with E-state index in [2.05, 4.69) is 6.92 Å². The van der Waals surface area contributed by atoms with E-state index in [-0.39, 0.29) is 5.97 Å². The molecule has 0 unspecified atom stereocenters. The fraction of sp³-hybridized carbons (Fsp3) is 0.500. The van der Waals surface area contributed by atoms with Gasteiger partial charge in [0.2, 0.25) is 0 Å². The number of methoxy groups -OCH3 is 2. The molecule has 0 spiro atoms. The van der Waals surface area contributed by atoms with Crippen LogP contribution in [0.2, 0.25) is 0 Å². The van der Waals surface area contributed by atoms with Gasteiger partial charge in [-0.2, -0.15) is 0 Å². The monoisotopic (exact) mass is 306 g/mol. The van der Waals surface area contributed by atoms with Crippen molar-refractivity contribution in [2.24, 2.45) is 0 Å². The molecule has 0 aliphatic carbocycles. The molecule has 1 rings (SSSR count). The van der Waals surface area contributed by atoms with Crippen molar-refractivity contribution in [2.45, 2.75) is 40.0 Å². The summed E-state index contributed by atoms with van der Waals surface area (Å²) in [5, 5.41) is 0. The van der Waals surface area contributed by atoms with Crippen molar-refractivity contribution in [3.8, 4) is 11.5 Å². The first-order chi connectivity index (χ1) is 10.6. The van der Waals surface area contributed by atoms with E-state index in [1.807, 2.05) is 18.2 Å². The van der Waals surface area contributed by atoms with Crippen molar-refractivity contribution in [3.05, 3.63) is 34.9 Å². The van der Waals surface area contributed by atoms with E-state index in [0.717, 1.165) is 29.9 Å². The molecule has 4 heteroatoms. The second-order valence-electron chi connectivity index (χ2n) is 5.04. The molecule has 0 aliphatic heterocycles. The third-order valence-electron chi connectivity index (χ3n) is 3.42. The molecule has 0 aromatic heterocycles. The SMILES string of the molecule is CCCc1cc(OC)c(C/C=C(\C)C(=O)OCC)c(OC)c1. The molecule has 1 aromatic carbocycles. The highest BCUT2D eigenvalue weighted by atomic mass is 16.5. The maximum Gasteiger partial charge on any atom is 0.333 e. The largest absolute Gasteiger partial charge is 0.496 e. The van der Waals surface area contributed by atoms with Crippen LogP contribution in [0.3, 0.4) is 0 Å². The quantitative estimate of drug-likeness (QED) is 0.542. The Hall–Kier alpha value is -1.97. The summed E-state index contributed by atoms with van der Waals surface area (Å²) in [7, 11) is 3.30. The van der Waals surface area contributed by atoms with Gasteiger partial charge >= 0.3 is 5.97 Å². The maximum atomic E-state index is 11.7. The van der Waals surface area contributed by atoms with Crippen LogP contribution in [0, 0.1) is 0 Å². The lowest BCUT2D eigenvalue weighted by molar-refractivity contribution is -0.138. The number of carbonyl (C=O) groups is 1. The Labute approximate surface area is 133 Å². The second kappa shape index (κ2) is 9.13. The minimum absolute atomic E-state index is 0.289. The number of benzene rings is 1. The highest BCUT2D eigenvalue weighted by Crippen LogP contribution is 2.32. The van der Waals surface area contributed by atoms with Crippen LogP contribution in [0.4, 0.5) is 0 Å². The zero-order valence-electron chi connectivity index (χ0n) is 14.2. The highest BCUT2D eigenvalue weighted by Gasteiger charge is 2.12. The van der Waals surface area contributed by atoms with Gasteiger partial charge in [-0.25, -0.2) is 4.79 Å². The van der Waals surface area contributed by atoms with Crippen LogP contribution in [0.5, 0.6) is 11.5 Å². The van der Waals surface area contributed by atoms with E-state index in [1.54, 1.807) is 28.1 Å². The third-order valence-corrected chi connectivity index (χ3v) is 3.42. The lowest BCUT2D eigenvalue weighted by Crippen LogP contribution is -2.06. The summed E-state index contributed by atoms with van der Waals surface area (Å²) in [4.78, 5) is 11.7. The molecule has 22 heavy (non-hydrogen) atoms. The zero-order chi connectivity index (χ0) is 16.5. The molecule has 0 N–H and O–H groups in total. The van der Waals surface area contributed by atoms with Crippen LogP contribution < -0.4 is 9.47 Å². The molecule has 4 nitrogen and oxygen atoms in total. The number of hydrogen-bond donors (Lipinski definition) is 0. The lowest BCUT2D eigenvalue weighted by Gasteiger charge is -2.14. The smallest absolute Gasteiger partial charge is 0.333 e. The molecular weight excluding hydrogens is 280 g/mol. The summed E-state index contributed by atoms with van der Waals surface area (Å²) in [5.41, 5.74) is 2.71. The van der Waals surface area contributed by atoms with Crippen molar-refractivity contribution < 1.29 is 19.0 Å². The summed E-state index contributed by atoms with van der Waals surface area (Å²) in [5.74, 6) is 1.29. The summed E-state index contributed by atoms with van der Waals surface area (Å²) < 4.78 is 16.0. The Kier molecular flexibility index (Phi) is 7.50. The van der Waals surface area contributed by atoms with Crippen LogP contribution in [-0.2, 0) is 22.4 Å². The number of rotatable bonds is 8. The van der Waals surface area contributed by atoms with Gasteiger partial charge in [0.05, 0.1) is 20.8 Å². The van der Waals surface area contributed by atoms with Gasteiger partial charge in [-0.1, -0.05) is 19.4 Å². The first kappa shape index (κ1) is 18.1. The number of carbonyl (C=O) groups excluding carboxylic acids is 1. The average molecular weight is 306 g/mol. The van der Waals surface area contributed by atoms with Crippen LogP contribution in [0.1, 0.15) is 38.3 Å². The van der Waals surface area contributed by atoms with E-state index in [9.17, 15) is 4.79 Å². The van der Waals surface area contributed by atoms with E-state index in [4.69, 9.17) is 14.2 Å². The van der Waals surface area contributed by atoms with Gasteiger partial charge in [0.25, 0.3) is 0 Å². The van der Waals surface area contributed by atoms with Crippen molar-refractivity contribution in [1.29, 1.82) is 0 Å². The van der Waals surface area contributed by atoms with Gasteiger partial charge in [-0.3, -0.25) is 0 Å². The molecule has 122 valence electrons. The van der Waals surface area contributed by atoms with Gasteiger partial charge in [0, 0.05) is 11.1 Å². The van der Waals surface area contributed by atoms with Crippen molar-refractivity contribution in [1.82, 2.24) is 0 Å².